The van der Waals surface area contributed by atoms with Gasteiger partial charge < -0.3 is 19.8 Å². The van der Waals surface area contributed by atoms with Gasteiger partial charge in [0.1, 0.15) is 12.3 Å². The first kappa shape index (κ1) is 26.0. The summed E-state index contributed by atoms with van der Waals surface area (Å²) in [5, 5.41) is 19.7. The summed E-state index contributed by atoms with van der Waals surface area (Å²) in [6, 6.07) is 0. The second-order valence-electron chi connectivity index (χ2n) is 4.59. The van der Waals surface area contributed by atoms with Crippen LogP contribution in [0.5, 0.6) is 0 Å². The van der Waals surface area contributed by atoms with Gasteiger partial charge >= 0.3 is 37.7 Å². The molecule has 0 bridgehead atoms. The van der Waals surface area contributed by atoms with Crippen LogP contribution in [-0.2, 0) is 9.59 Å². The number of carbonyl (C=O) groups excluding carboxylic acids is 2. The van der Waals surface area contributed by atoms with Gasteiger partial charge in [0.15, 0.2) is 0 Å². The molecular weight excluding hydrogens is 310 g/mol. The van der Waals surface area contributed by atoms with Gasteiger partial charge in [0.2, 0.25) is 0 Å². The molecule has 0 saturated carbocycles. The Bertz CT molecular complexity index is 239. The van der Waals surface area contributed by atoms with E-state index in [1.165, 1.54) is 0 Å². The predicted octanol–water partition coefficient (Wildman–Crippen LogP) is 0.929. The Hall–Kier alpha value is 0.0597. The topological polar surface area (TPSA) is 80.3 Å². The van der Waals surface area contributed by atoms with Gasteiger partial charge in [-0.2, -0.15) is 0 Å². The number of hydrogen-bond donors (Lipinski definition) is 0. The summed E-state index contributed by atoms with van der Waals surface area (Å²) < 4.78 is 24.9. The zero-order valence-corrected chi connectivity index (χ0v) is 15.1. The summed E-state index contributed by atoms with van der Waals surface area (Å²) in [7, 11) is 0. The quantitative estimate of drug-likeness (QED) is 0.557. The van der Waals surface area contributed by atoms with E-state index >= 15 is 0 Å². The Kier molecular flexibility index (Phi) is 22.4. The molecule has 7 heteroatoms. The molecule has 0 aromatic rings. The molecule has 0 fully saturated rings. The predicted molar refractivity (Wildman–Crippen MR) is 73.8 cm³/mol. The minimum atomic E-state index is -1.17. The monoisotopic (exact) mass is 334 g/mol. The van der Waals surface area contributed by atoms with E-state index in [0.29, 0.717) is 12.8 Å². The number of aliphatic carboxylic acids is 2. The van der Waals surface area contributed by atoms with Crippen LogP contribution in [0.1, 0.15) is 65.2 Å². The maximum absolute atomic E-state index is 12.5. The Morgan fingerprint density at radius 3 is 1.29 bits per heavy atom. The van der Waals surface area contributed by atoms with Crippen molar-refractivity contribution in [1.82, 2.24) is 0 Å². The second kappa shape index (κ2) is 18.1. The van der Waals surface area contributed by atoms with Crippen molar-refractivity contribution in [1.29, 1.82) is 0 Å². The van der Waals surface area contributed by atoms with Crippen molar-refractivity contribution >= 4 is 49.7 Å². The summed E-state index contributed by atoms with van der Waals surface area (Å²) in [6.45, 7) is 3.73. The molecule has 0 aliphatic rings. The average molecular weight is 334 g/mol. The van der Waals surface area contributed by atoms with Crippen molar-refractivity contribution in [3.8, 4) is 0 Å². The standard InChI is InChI=1S/2C7H13FO2.Ca/c2*1-2-3-6(8)4-5-7(9)10;/h2*6H,2-5H2,1H3,(H,9,10);/q;;+2/p-2. The molecule has 0 rings (SSSR count). The van der Waals surface area contributed by atoms with Gasteiger partial charge in [-0.15, -0.1) is 0 Å². The molecule has 0 aromatic heterocycles. The molecule has 0 amide bonds. The molecule has 0 N–H and O–H groups in total. The molecule has 0 aliphatic carbocycles. The summed E-state index contributed by atoms with van der Waals surface area (Å²) in [6.07, 6.45) is 0.336. The fourth-order valence-electron chi connectivity index (χ4n) is 1.46. The first-order valence-electron chi connectivity index (χ1n) is 7.01. The largest absolute Gasteiger partial charge is 2.00 e. The van der Waals surface area contributed by atoms with E-state index in [-0.39, 0.29) is 63.4 Å². The van der Waals surface area contributed by atoms with Gasteiger partial charge in [0, 0.05) is 11.9 Å². The molecule has 2 atom stereocenters. The minimum absolute atomic E-state index is 0. The molecule has 0 spiro atoms. The van der Waals surface area contributed by atoms with Crippen LogP contribution in [-0.4, -0.2) is 62.0 Å². The first-order chi connectivity index (χ1) is 9.33. The zero-order valence-electron chi connectivity index (χ0n) is 12.9. The van der Waals surface area contributed by atoms with Crippen molar-refractivity contribution < 1.29 is 28.6 Å². The fraction of sp³-hybridized carbons (Fsp3) is 0.857. The molecule has 0 radical (unpaired) electrons. The molecule has 2 unspecified atom stereocenters. The molecule has 0 aliphatic heterocycles. The fourth-order valence-corrected chi connectivity index (χ4v) is 1.46. The van der Waals surface area contributed by atoms with Gasteiger partial charge in [-0.05, 0) is 38.5 Å². The second-order valence-corrected chi connectivity index (χ2v) is 4.59. The summed E-state index contributed by atoms with van der Waals surface area (Å²) in [4.78, 5) is 19.7. The number of halogens is 2. The Balaban J connectivity index is -0.000000295. The first-order valence-corrected chi connectivity index (χ1v) is 7.01. The van der Waals surface area contributed by atoms with E-state index in [4.69, 9.17) is 0 Å². The molecule has 0 aromatic carbocycles. The van der Waals surface area contributed by atoms with E-state index < -0.39 is 24.3 Å². The van der Waals surface area contributed by atoms with Crippen LogP contribution in [0.25, 0.3) is 0 Å². The van der Waals surface area contributed by atoms with Crippen LogP contribution in [0.15, 0.2) is 0 Å². The summed E-state index contributed by atoms with van der Waals surface area (Å²) in [5.41, 5.74) is 0. The van der Waals surface area contributed by atoms with Gasteiger partial charge in [-0.25, -0.2) is 8.78 Å². The van der Waals surface area contributed by atoms with Crippen LogP contribution in [0, 0.1) is 0 Å². The normalized spacial score (nSPS) is 12.4. The van der Waals surface area contributed by atoms with Crippen molar-refractivity contribution in [3.05, 3.63) is 0 Å². The summed E-state index contributed by atoms with van der Waals surface area (Å²) in [5.74, 6) is -2.34. The third-order valence-electron chi connectivity index (χ3n) is 2.53. The Morgan fingerprint density at radius 2 is 1.10 bits per heavy atom. The molecule has 4 nitrogen and oxygen atoms in total. The van der Waals surface area contributed by atoms with E-state index in [1.807, 2.05) is 13.8 Å². The van der Waals surface area contributed by atoms with E-state index in [0.717, 1.165) is 12.8 Å². The molecule has 0 heterocycles. The van der Waals surface area contributed by atoms with E-state index in [9.17, 15) is 28.6 Å². The van der Waals surface area contributed by atoms with Gasteiger partial charge in [-0.1, -0.05) is 26.7 Å². The van der Waals surface area contributed by atoms with Crippen molar-refractivity contribution in [2.75, 3.05) is 0 Å². The van der Waals surface area contributed by atoms with E-state index in [1.54, 1.807) is 0 Å². The van der Waals surface area contributed by atoms with Crippen molar-refractivity contribution in [2.24, 2.45) is 0 Å². The number of alkyl halides is 2. The number of hydrogen-bond acceptors (Lipinski definition) is 4. The van der Waals surface area contributed by atoms with Crippen LogP contribution >= 0.6 is 0 Å². The summed E-state index contributed by atoms with van der Waals surface area (Å²) >= 11 is 0. The number of carboxylic acids is 2. The van der Waals surface area contributed by atoms with Gasteiger partial charge in [0.25, 0.3) is 0 Å². The molecular formula is C14H24CaF2O4. The van der Waals surface area contributed by atoms with Crippen molar-refractivity contribution in [3.63, 3.8) is 0 Å². The maximum Gasteiger partial charge on any atom is 2.00 e. The SMILES string of the molecule is CCCC(F)CCC(=O)[O-].CCCC(F)CCC(=O)[O-].[Ca+2]. The van der Waals surface area contributed by atoms with Gasteiger partial charge in [0.05, 0.1) is 0 Å². The smallest absolute Gasteiger partial charge is 0.550 e. The molecule has 0 saturated heterocycles. The zero-order chi connectivity index (χ0) is 16.0. The number of rotatable bonds is 10. The van der Waals surface area contributed by atoms with Crippen LogP contribution in [0.3, 0.4) is 0 Å². The van der Waals surface area contributed by atoms with Crippen molar-refractivity contribution in [2.45, 2.75) is 77.6 Å². The third-order valence-corrected chi connectivity index (χ3v) is 2.53. The Labute approximate surface area is 155 Å². The molecule has 21 heavy (non-hydrogen) atoms. The van der Waals surface area contributed by atoms with Crippen LogP contribution in [0.4, 0.5) is 8.78 Å². The maximum atomic E-state index is 12.5. The van der Waals surface area contributed by atoms with Crippen LogP contribution < -0.4 is 10.2 Å². The van der Waals surface area contributed by atoms with Crippen LogP contribution in [0.2, 0.25) is 0 Å². The number of carboxylic acid groups (broad SMARTS) is 2. The molecule has 120 valence electrons. The van der Waals surface area contributed by atoms with E-state index in [2.05, 4.69) is 0 Å². The van der Waals surface area contributed by atoms with Gasteiger partial charge in [-0.3, -0.25) is 0 Å². The average Bonchev–Trinajstić information content (AvgIpc) is 2.35. The Morgan fingerprint density at radius 1 is 0.810 bits per heavy atom. The minimum Gasteiger partial charge on any atom is -0.550 e. The third kappa shape index (κ3) is 25.4. The number of carbonyl (C=O) groups is 2.